The minimum absolute atomic E-state index is 0.301. The van der Waals surface area contributed by atoms with Gasteiger partial charge in [-0.3, -0.25) is 0 Å². The SMILES string of the molecule is OC1=CC=CC=C[CH]1. The second-order valence-electron chi connectivity index (χ2n) is 1.53. The van der Waals surface area contributed by atoms with E-state index in [2.05, 4.69) is 0 Å². The highest BCUT2D eigenvalue weighted by atomic mass is 16.3. The molecule has 41 valence electrons. The quantitative estimate of drug-likeness (QED) is 0.500. The molecular weight excluding hydrogens is 100 g/mol. The Labute approximate surface area is 48.6 Å². The summed E-state index contributed by atoms with van der Waals surface area (Å²) in [6, 6.07) is 0. The highest BCUT2D eigenvalue weighted by molar-refractivity contribution is 5.27. The molecule has 1 heteroatoms. The molecule has 0 aliphatic heterocycles. The van der Waals surface area contributed by atoms with Gasteiger partial charge in [-0.2, -0.15) is 0 Å². The van der Waals surface area contributed by atoms with E-state index in [4.69, 9.17) is 5.11 Å². The van der Waals surface area contributed by atoms with Gasteiger partial charge in [-0.15, -0.1) is 0 Å². The third kappa shape index (κ3) is 1.26. The van der Waals surface area contributed by atoms with E-state index in [1.165, 1.54) is 0 Å². The number of rotatable bonds is 0. The van der Waals surface area contributed by atoms with Gasteiger partial charge in [0.25, 0.3) is 0 Å². The molecule has 8 heavy (non-hydrogen) atoms. The second kappa shape index (κ2) is 2.36. The van der Waals surface area contributed by atoms with Crippen LogP contribution in [0.3, 0.4) is 0 Å². The molecule has 0 saturated heterocycles. The zero-order valence-corrected chi connectivity index (χ0v) is 4.41. The topological polar surface area (TPSA) is 20.2 Å². The van der Waals surface area contributed by atoms with E-state index in [1.54, 1.807) is 24.6 Å². The number of aliphatic hydroxyl groups excluding tert-OH is 1. The first kappa shape index (κ1) is 5.16. The lowest BCUT2D eigenvalue weighted by Crippen LogP contribution is -1.73. The smallest absolute Gasteiger partial charge is 0.100 e. The van der Waals surface area contributed by atoms with Crippen molar-refractivity contribution in [1.82, 2.24) is 0 Å². The average molecular weight is 107 g/mol. The molecule has 0 aromatic rings. The number of hydrogen-bond donors (Lipinski definition) is 1. The summed E-state index contributed by atoms with van der Waals surface area (Å²) in [5.74, 6) is 0.301. The lowest BCUT2D eigenvalue weighted by molar-refractivity contribution is 0.425. The molecule has 1 aliphatic rings. The molecule has 1 rings (SSSR count). The van der Waals surface area contributed by atoms with Crippen molar-refractivity contribution in [1.29, 1.82) is 0 Å². The Balaban J connectivity index is 2.69. The van der Waals surface area contributed by atoms with E-state index in [1.807, 2.05) is 12.2 Å². The summed E-state index contributed by atoms with van der Waals surface area (Å²) in [7, 11) is 0. The van der Waals surface area contributed by atoms with E-state index in [0.29, 0.717) is 5.76 Å². The summed E-state index contributed by atoms with van der Waals surface area (Å²) in [4.78, 5) is 0. The van der Waals surface area contributed by atoms with Crippen LogP contribution >= 0.6 is 0 Å². The fourth-order valence-corrected chi connectivity index (χ4v) is 0.492. The van der Waals surface area contributed by atoms with E-state index >= 15 is 0 Å². The predicted octanol–water partition coefficient (Wildman–Crippen LogP) is 1.76. The molecular formula is C7H7O. The first-order chi connectivity index (χ1) is 3.89. The maximum absolute atomic E-state index is 8.79. The van der Waals surface area contributed by atoms with Crippen molar-refractivity contribution < 1.29 is 5.11 Å². The number of hydrogen-bond acceptors (Lipinski definition) is 1. The highest BCUT2D eigenvalue weighted by Crippen LogP contribution is 1.99. The van der Waals surface area contributed by atoms with Crippen LogP contribution in [-0.4, -0.2) is 5.11 Å². The third-order valence-electron chi connectivity index (χ3n) is 0.867. The maximum Gasteiger partial charge on any atom is 0.100 e. The normalized spacial score (nSPS) is 17.8. The van der Waals surface area contributed by atoms with E-state index in [0.717, 1.165) is 0 Å². The maximum atomic E-state index is 8.79. The zero-order chi connectivity index (χ0) is 5.82. The van der Waals surface area contributed by atoms with Crippen LogP contribution in [0.5, 0.6) is 0 Å². The monoisotopic (exact) mass is 107 g/mol. The lowest BCUT2D eigenvalue weighted by atomic mass is 10.3. The van der Waals surface area contributed by atoms with Gasteiger partial charge in [-0.25, -0.2) is 0 Å². The molecule has 1 nitrogen and oxygen atoms in total. The Morgan fingerprint density at radius 1 is 1.00 bits per heavy atom. The van der Waals surface area contributed by atoms with Gasteiger partial charge in [0.1, 0.15) is 5.76 Å². The highest BCUT2D eigenvalue weighted by Gasteiger charge is 1.86. The van der Waals surface area contributed by atoms with Gasteiger partial charge in [-0.1, -0.05) is 24.3 Å². The molecule has 1 radical (unpaired) electrons. The number of allylic oxidation sites excluding steroid dienone is 5. The third-order valence-corrected chi connectivity index (χ3v) is 0.867. The summed E-state index contributed by atoms with van der Waals surface area (Å²) in [5, 5.41) is 8.79. The van der Waals surface area contributed by atoms with Gasteiger partial charge in [0, 0.05) is 6.42 Å². The Kier molecular flexibility index (Phi) is 1.52. The summed E-state index contributed by atoms with van der Waals surface area (Å²) in [5.41, 5.74) is 0. The first-order valence-electron chi connectivity index (χ1n) is 2.47. The van der Waals surface area contributed by atoms with Crippen molar-refractivity contribution in [3.05, 3.63) is 42.6 Å². The Morgan fingerprint density at radius 2 is 1.75 bits per heavy atom. The summed E-state index contributed by atoms with van der Waals surface area (Å²) in [6.07, 6.45) is 10.6. The van der Waals surface area contributed by atoms with Crippen LogP contribution in [0.15, 0.2) is 36.1 Å². The van der Waals surface area contributed by atoms with Crippen molar-refractivity contribution in [3.8, 4) is 0 Å². The van der Waals surface area contributed by atoms with Gasteiger partial charge >= 0.3 is 0 Å². The lowest BCUT2D eigenvalue weighted by Gasteiger charge is -1.85. The minimum atomic E-state index is 0.301. The van der Waals surface area contributed by atoms with Crippen LogP contribution in [0.4, 0.5) is 0 Å². The summed E-state index contributed by atoms with van der Waals surface area (Å²) >= 11 is 0. The molecule has 0 unspecified atom stereocenters. The fraction of sp³-hybridized carbons (Fsp3) is 0. The van der Waals surface area contributed by atoms with E-state index < -0.39 is 0 Å². The van der Waals surface area contributed by atoms with Crippen LogP contribution in [0.25, 0.3) is 0 Å². The van der Waals surface area contributed by atoms with Crippen LogP contribution in [0.1, 0.15) is 0 Å². The molecule has 1 aliphatic carbocycles. The van der Waals surface area contributed by atoms with Crippen LogP contribution in [-0.2, 0) is 0 Å². The van der Waals surface area contributed by atoms with Gasteiger partial charge < -0.3 is 5.11 Å². The second-order valence-corrected chi connectivity index (χ2v) is 1.53. The molecule has 0 heterocycles. The largest absolute Gasteiger partial charge is 0.512 e. The minimum Gasteiger partial charge on any atom is -0.512 e. The molecule has 0 bridgehead atoms. The van der Waals surface area contributed by atoms with Crippen molar-refractivity contribution >= 4 is 0 Å². The fourth-order valence-electron chi connectivity index (χ4n) is 0.492. The Morgan fingerprint density at radius 3 is 2.62 bits per heavy atom. The number of aliphatic hydroxyl groups is 1. The van der Waals surface area contributed by atoms with Crippen molar-refractivity contribution in [2.24, 2.45) is 0 Å². The van der Waals surface area contributed by atoms with Crippen molar-refractivity contribution in [2.75, 3.05) is 0 Å². The van der Waals surface area contributed by atoms with Gasteiger partial charge in [-0.05, 0) is 6.08 Å². The van der Waals surface area contributed by atoms with Gasteiger partial charge in [0.15, 0.2) is 0 Å². The molecule has 0 atom stereocenters. The summed E-state index contributed by atoms with van der Waals surface area (Å²) < 4.78 is 0. The van der Waals surface area contributed by atoms with Crippen molar-refractivity contribution in [3.63, 3.8) is 0 Å². The van der Waals surface area contributed by atoms with E-state index in [9.17, 15) is 0 Å². The van der Waals surface area contributed by atoms with Crippen LogP contribution < -0.4 is 0 Å². The average Bonchev–Trinajstić information content (AvgIpc) is 1.94. The molecule has 0 amide bonds. The molecule has 0 saturated carbocycles. The molecule has 0 spiro atoms. The summed E-state index contributed by atoms with van der Waals surface area (Å²) in [6.45, 7) is 0. The first-order valence-corrected chi connectivity index (χ1v) is 2.47. The van der Waals surface area contributed by atoms with Crippen LogP contribution in [0.2, 0.25) is 0 Å². The van der Waals surface area contributed by atoms with E-state index in [-0.39, 0.29) is 0 Å². The van der Waals surface area contributed by atoms with Gasteiger partial charge in [0.2, 0.25) is 0 Å². The zero-order valence-electron chi connectivity index (χ0n) is 4.41. The Bertz CT molecular complexity index is 152. The molecule has 0 aromatic heterocycles. The standard InChI is InChI=1S/C7H7O/c8-7-5-3-1-2-4-6-7/h1-6,8H. The van der Waals surface area contributed by atoms with Crippen molar-refractivity contribution in [2.45, 2.75) is 0 Å². The predicted molar refractivity (Wildman–Crippen MR) is 33.3 cm³/mol. The molecule has 0 fully saturated rings. The van der Waals surface area contributed by atoms with Crippen LogP contribution in [0, 0.1) is 6.42 Å². The molecule has 0 aromatic carbocycles. The Hall–Kier alpha value is -0.980. The van der Waals surface area contributed by atoms with Gasteiger partial charge in [0.05, 0.1) is 0 Å². The molecule has 1 N–H and O–H groups in total.